The molecule has 3 heteroatoms. The average molecular weight is 253 g/mol. The average Bonchev–Trinajstić information content (AvgIpc) is 2.31. The molecule has 17 heavy (non-hydrogen) atoms. The van der Waals surface area contributed by atoms with E-state index in [0.717, 1.165) is 5.69 Å². The number of hydrogen-bond donors (Lipinski definition) is 0. The van der Waals surface area contributed by atoms with Crippen molar-refractivity contribution in [3.63, 3.8) is 0 Å². The summed E-state index contributed by atoms with van der Waals surface area (Å²) in [6.07, 6.45) is 5.13. The van der Waals surface area contributed by atoms with Crippen molar-refractivity contribution in [2.75, 3.05) is 13.1 Å². The molecule has 1 aliphatic heterocycles. The van der Waals surface area contributed by atoms with Crippen LogP contribution in [0.3, 0.4) is 0 Å². The minimum atomic E-state index is 0.550. The summed E-state index contributed by atoms with van der Waals surface area (Å²) in [7, 11) is 0. The lowest BCUT2D eigenvalue weighted by Gasteiger charge is -2.36. The molecule has 0 bridgehead atoms. The molecule has 1 atom stereocenters. The summed E-state index contributed by atoms with van der Waals surface area (Å²) in [5, 5.41) is 0.601. The van der Waals surface area contributed by atoms with Gasteiger partial charge in [-0.25, -0.2) is 4.98 Å². The Morgan fingerprint density at radius 2 is 2.24 bits per heavy atom. The molecule has 2 heterocycles. The molecule has 1 aliphatic rings. The van der Waals surface area contributed by atoms with Gasteiger partial charge in [-0.2, -0.15) is 0 Å². The molecule has 2 rings (SSSR count). The molecule has 1 unspecified atom stereocenters. The van der Waals surface area contributed by atoms with Crippen LogP contribution >= 0.6 is 11.6 Å². The lowest BCUT2D eigenvalue weighted by molar-refractivity contribution is 0.148. The first-order valence-corrected chi connectivity index (χ1v) is 6.97. The third-order valence-electron chi connectivity index (χ3n) is 3.58. The summed E-state index contributed by atoms with van der Waals surface area (Å²) in [5.74, 6) is 0. The smallest absolute Gasteiger partial charge is 0.129 e. The highest BCUT2D eigenvalue weighted by Gasteiger charge is 2.24. The van der Waals surface area contributed by atoms with Gasteiger partial charge in [0, 0.05) is 11.7 Å². The molecular formula is C14H21ClN2. The number of piperidine rings is 1. The summed E-state index contributed by atoms with van der Waals surface area (Å²) in [6, 6.07) is 4.62. The van der Waals surface area contributed by atoms with Crippen LogP contribution in [0.4, 0.5) is 0 Å². The third kappa shape index (κ3) is 2.99. The summed E-state index contributed by atoms with van der Waals surface area (Å²) in [5.41, 5.74) is 2.45. The second-order valence-corrected chi connectivity index (χ2v) is 5.24. The molecule has 1 saturated heterocycles. The van der Waals surface area contributed by atoms with E-state index in [-0.39, 0.29) is 0 Å². The van der Waals surface area contributed by atoms with Crippen LogP contribution in [0.2, 0.25) is 5.15 Å². The van der Waals surface area contributed by atoms with Crippen LogP contribution in [0.1, 0.15) is 49.9 Å². The first kappa shape index (κ1) is 12.8. The summed E-state index contributed by atoms with van der Waals surface area (Å²) in [6.45, 7) is 6.73. The Balaban J connectivity index is 2.23. The first-order valence-electron chi connectivity index (χ1n) is 6.59. The van der Waals surface area contributed by atoms with E-state index >= 15 is 0 Å². The Kier molecular flexibility index (Phi) is 4.41. The zero-order valence-corrected chi connectivity index (χ0v) is 11.5. The molecule has 1 fully saturated rings. The number of aryl methyl sites for hydroxylation is 1. The van der Waals surface area contributed by atoms with Crippen LogP contribution in [0.5, 0.6) is 0 Å². The van der Waals surface area contributed by atoms with E-state index in [0.29, 0.717) is 11.2 Å². The molecule has 0 saturated carbocycles. The molecule has 1 aromatic heterocycles. The molecule has 0 N–H and O–H groups in total. The van der Waals surface area contributed by atoms with Crippen LogP contribution in [0.25, 0.3) is 0 Å². The van der Waals surface area contributed by atoms with Crippen LogP contribution in [-0.4, -0.2) is 23.0 Å². The maximum Gasteiger partial charge on any atom is 0.129 e. The van der Waals surface area contributed by atoms with Crippen molar-refractivity contribution in [1.82, 2.24) is 9.88 Å². The van der Waals surface area contributed by atoms with Crippen molar-refractivity contribution < 1.29 is 0 Å². The lowest BCUT2D eigenvalue weighted by Crippen LogP contribution is -2.34. The normalized spacial score (nSPS) is 21.7. The Bertz CT molecular complexity index is 376. The van der Waals surface area contributed by atoms with Crippen molar-refractivity contribution in [3.8, 4) is 0 Å². The zero-order valence-electron chi connectivity index (χ0n) is 10.7. The van der Waals surface area contributed by atoms with E-state index in [1.807, 2.05) is 6.07 Å². The Hall–Kier alpha value is -0.600. The third-order valence-corrected chi connectivity index (χ3v) is 3.79. The topological polar surface area (TPSA) is 16.1 Å². The van der Waals surface area contributed by atoms with Gasteiger partial charge < -0.3 is 0 Å². The second kappa shape index (κ2) is 5.83. The van der Waals surface area contributed by atoms with Gasteiger partial charge in [0.2, 0.25) is 0 Å². The van der Waals surface area contributed by atoms with E-state index in [4.69, 9.17) is 11.6 Å². The highest BCUT2D eigenvalue weighted by Crippen LogP contribution is 2.32. The molecule has 0 amide bonds. The number of rotatable bonds is 3. The fourth-order valence-corrected chi connectivity index (χ4v) is 2.98. The molecule has 0 spiro atoms. The van der Waals surface area contributed by atoms with E-state index in [1.165, 1.54) is 44.3 Å². The van der Waals surface area contributed by atoms with Crippen molar-refractivity contribution in [2.24, 2.45) is 0 Å². The van der Waals surface area contributed by atoms with Crippen molar-refractivity contribution in [1.29, 1.82) is 0 Å². The molecule has 0 aliphatic carbocycles. The van der Waals surface area contributed by atoms with E-state index < -0.39 is 0 Å². The van der Waals surface area contributed by atoms with E-state index in [9.17, 15) is 0 Å². The van der Waals surface area contributed by atoms with Crippen molar-refractivity contribution in [2.45, 2.75) is 45.6 Å². The number of likely N-dealkylation sites (tertiary alicyclic amines) is 1. The summed E-state index contributed by atoms with van der Waals surface area (Å²) < 4.78 is 0. The van der Waals surface area contributed by atoms with Crippen LogP contribution < -0.4 is 0 Å². The standard InChI is InChI=1S/C14H21ClN2/c1-3-9-17-10-5-4-6-13(17)12-7-8-14(15)16-11(12)2/h7-8,13H,3-6,9-10H2,1-2H3. The van der Waals surface area contributed by atoms with Crippen LogP contribution in [0.15, 0.2) is 12.1 Å². The molecule has 2 nitrogen and oxygen atoms in total. The largest absolute Gasteiger partial charge is 0.296 e. The molecule has 94 valence electrons. The highest BCUT2D eigenvalue weighted by molar-refractivity contribution is 6.29. The number of hydrogen-bond acceptors (Lipinski definition) is 2. The predicted molar refractivity (Wildman–Crippen MR) is 72.4 cm³/mol. The van der Waals surface area contributed by atoms with Gasteiger partial charge in [0.05, 0.1) is 0 Å². The highest BCUT2D eigenvalue weighted by atomic mass is 35.5. The van der Waals surface area contributed by atoms with E-state index in [2.05, 4.69) is 29.8 Å². The fourth-order valence-electron chi connectivity index (χ4n) is 2.79. The number of nitrogens with zero attached hydrogens (tertiary/aromatic N) is 2. The maximum absolute atomic E-state index is 5.93. The van der Waals surface area contributed by atoms with Gasteiger partial charge in [0.1, 0.15) is 5.15 Å². The fraction of sp³-hybridized carbons (Fsp3) is 0.643. The molecule has 0 aromatic carbocycles. The minimum Gasteiger partial charge on any atom is -0.296 e. The lowest BCUT2D eigenvalue weighted by atomic mass is 9.94. The number of aromatic nitrogens is 1. The van der Waals surface area contributed by atoms with Crippen molar-refractivity contribution in [3.05, 3.63) is 28.5 Å². The van der Waals surface area contributed by atoms with Crippen LogP contribution in [-0.2, 0) is 0 Å². The Labute approximate surface area is 109 Å². The van der Waals surface area contributed by atoms with Gasteiger partial charge >= 0.3 is 0 Å². The SMILES string of the molecule is CCCN1CCCCC1c1ccc(Cl)nc1C. The first-order chi connectivity index (χ1) is 8.22. The monoisotopic (exact) mass is 252 g/mol. The molecule has 0 radical (unpaired) electrons. The summed E-state index contributed by atoms with van der Waals surface area (Å²) in [4.78, 5) is 6.98. The van der Waals surface area contributed by atoms with E-state index in [1.54, 1.807) is 0 Å². The number of pyridine rings is 1. The van der Waals surface area contributed by atoms with Gasteiger partial charge in [-0.05, 0) is 50.9 Å². The van der Waals surface area contributed by atoms with Gasteiger partial charge in [-0.3, -0.25) is 4.90 Å². The molecular weight excluding hydrogens is 232 g/mol. The quantitative estimate of drug-likeness (QED) is 0.757. The Morgan fingerprint density at radius 3 is 2.94 bits per heavy atom. The van der Waals surface area contributed by atoms with Crippen molar-refractivity contribution >= 4 is 11.6 Å². The number of halogens is 1. The predicted octanol–water partition coefficient (Wildman–Crippen LogP) is 3.98. The second-order valence-electron chi connectivity index (χ2n) is 4.86. The minimum absolute atomic E-state index is 0.550. The van der Waals surface area contributed by atoms with Gasteiger partial charge in [-0.1, -0.05) is 31.0 Å². The molecule has 1 aromatic rings. The van der Waals surface area contributed by atoms with Gasteiger partial charge in [0.25, 0.3) is 0 Å². The summed E-state index contributed by atoms with van der Waals surface area (Å²) >= 11 is 5.93. The van der Waals surface area contributed by atoms with Crippen LogP contribution in [0, 0.1) is 6.92 Å². The van der Waals surface area contributed by atoms with Gasteiger partial charge in [0.15, 0.2) is 0 Å². The van der Waals surface area contributed by atoms with Gasteiger partial charge in [-0.15, -0.1) is 0 Å². The zero-order chi connectivity index (χ0) is 12.3. The maximum atomic E-state index is 5.93. The Morgan fingerprint density at radius 1 is 1.41 bits per heavy atom.